The molecule has 4 heteroatoms. The van der Waals surface area contributed by atoms with Crippen LogP contribution in [0.5, 0.6) is 5.75 Å². The number of carbonyl (C=O) groups is 1. The highest BCUT2D eigenvalue weighted by Gasteiger charge is 2.42. The van der Waals surface area contributed by atoms with Crippen molar-refractivity contribution < 1.29 is 19.4 Å². The molecule has 2 aliphatic heterocycles. The molecule has 0 atom stereocenters. The Morgan fingerprint density at radius 3 is 2.89 bits per heavy atom. The zero-order valence-corrected chi connectivity index (χ0v) is 10.1. The van der Waals surface area contributed by atoms with Crippen LogP contribution in [0.4, 0.5) is 0 Å². The smallest absolute Gasteiger partial charge is 0.304 e. The van der Waals surface area contributed by atoms with E-state index in [9.17, 15) is 4.79 Å². The summed E-state index contributed by atoms with van der Waals surface area (Å²) < 4.78 is 10.8. The molecule has 1 aromatic rings. The van der Waals surface area contributed by atoms with Crippen LogP contribution in [0.25, 0.3) is 0 Å². The molecule has 0 aliphatic carbocycles. The van der Waals surface area contributed by atoms with Crippen LogP contribution >= 0.6 is 0 Å². The topological polar surface area (TPSA) is 55.8 Å². The highest BCUT2D eigenvalue weighted by Crippen LogP contribution is 2.38. The molecule has 0 aromatic heterocycles. The van der Waals surface area contributed by atoms with Crippen molar-refractivity contribution in [3.05, 3.63) is 29.3 Å². The fourth-order valence-electron chi connectivity index (χ4n) is 2.70. The Morgan fingerprint density at radius 1 is 1.39 bits per heavy atom. The largest absolute Gasteiger partial charge is 0.493 e. The fourth-order valence-corrected chi connectivity index (χ4v) is 2.70. The minimum atomic E-state index is -0.771. The van der Waals surface area contributed by atoms with Gasteiger partial charge in [-0.2, -0.15) is 0 Å². The van der Waals surface area contributed by atoms with Gasteiger partial charge in [0.25, 0.3) is 0 Å². The van der Waals surface area contributed by atoms with Crippen LogP contribution in [0.15, 0.2) is 18.2 Å². The maximum absolute atomic E-state index is 11.0. The van der Waals surface area contributed by atoms with Crippen molar-refractivity contribution in [3.63, 3.8) is 0 Å². The van der Waals surface area contributed by atoms with Gasteiger partial charge < -0.3 is 14.6 Å². The van der Waals surface area contributed by atoms with E-state index < -0.39 is 5.97 Å². The first-order valence-corrected chi connectivity index (χ1v) is 6.25. The number of benzene rings is 1. The van der Waals surface area contributed by atoms with Gasteiger partial charge in [-0.25, -0.2) is 0 Å². The van der Waals surface area contributed by atoms with Crippen molar-refractivity contribution in [3.8, 4) is 5.75 Å². The zero-order valence-electron chi connectivity index (χ0n) is 10.1. The van der Waals surface area contributed by atoms with E-state index >= 15 is 0 Å². The highest BCUT2D eigenvalue weighted by atomic mass is 16.5. The lowest BCUT2D eigenvalue weighted by Crippen LogP contribution is -2.48. The molecule has 2 heterocycles. The number of ether oxygens (including phenoxy) is 2. The standard InChI is InChI=1S/C14H16O4/c15-13(16)7-14(8-17-9-14)11-3-4-12-10(6-11)2-1-5-18-12/h3-4,6H,1-2,5,7-9H2,(H,15,16). The number of rotatable bonds is 3. The van der Waals surface area contributed by atoms with Crippen LogP contribution in [0.2, 0.25) is 0 Å². The average molecular weight is 248 g/mol. The molecular formula is C14H16O4. The maximum atomic E-state index is 11.0. The molecule has 3 rings (SSSR count). The van der Waals surface area contributed by atoms with Crippen molar-refractivity contribution in [2.24, 2.45) is 0 Å². The summed E-state index contributed by atoms with van der Waals surface area (Å²) in [5, 5.41) is 9.03. The van der Waals surface area contributed by atoms with E-state index in [1.807, 2.05) is 12.1 Å². The Balaban J connectivity index is 1.93. The van der Waals surface area contributed by atoms with E-state index in [0.717, 1.165) is 30.8 Å². The number of aliphatic carboxylic acids is 1. The molecule has 2 aliphatic rings. The van der Waals surface area contributed by atoms with Crippen LogP contribution in [-0.2, 0) is 21.4 Å². The number of hydrogen-bond donors (Lipinski definition) is 1. The second kappa shape index (κ2) is 4.28. The number of aryl methyl sites for hydroxylation is 1. The minimum Gasteiger partial charge on any atom is -0.493 e. The summed E-state index contributed by atoms with van der Waals surface area (Å²) in [6, 6.07) is 6.04. The van der Waals surface area contributed by atoms with Gasteiger partial charge in [-0.1, -0.05) is 12.1 Å². The van der Waals surface area contributed by atoms with Crippen LogP contribution in [0, 0.1) is 0 Å². The van der Waals surface area contributed by atoms with Crippen LogP contribution < -0.4 is 4.74 Å². The van der Waals surface area contributed by atoms with Crippen LogP contribution in [0.3, 0.4) is 0 Å². The Kier molecular flexibility index (Phi) is 2.74. The molecular weight excluding hydrogens is 232 g/mol. The van der Waals surface area contributed by atoms with E-state index in [1.165, 1.54) is 5.56 Å². The van der Waals surface area contributed by atoms with E-state index in [1.54, 1.807) is 0 Å². The van der Waals surface area contributed by atoms with Gasteiger partial charge in [-0.05, 0) is 30.0 Å². The van der Waals surface area contributed by atoms with Gasteiger partial charge in [-0.3, -0.25) is 4.79 Å². The number of carboxylic acid groups (broad SMARTS) is 1. The average Bonchev–Trinajstić information content (AvgIpc) is 2.33. The Bertz CT molecular complexity index is 477. The van der Waals surface area contributed by atoms with Gasteiger partial charge in [-0.15, -0.1) is 0 Å². The molecule has 0 spiro atoms. The Hall–Kier alpha value is -1.55. The molecule has 0 amide bonds. The summed E-state index contributed by atoms with van der Waals surface area (Å²) in [5.74, 6) is 0.169. The van der Waals surface area contributed by atoms with Crippen LogP contribution in [-0.4, -0.2) is 30.9 Å². The normalized spacial score (nSPS) is 20.4. The third-order valence-electron chi connectivity index (χ3n) is 3.77. The molecule has 1 saturated heterocycles. The summed E-state index contributed by atoms with van der Waals surface area (Å²) in [6.45, 7) is 1.77. The second-order valence-corrected chi connectivity index (χ2v) is 5.12. The van der Waals surface area contributed by atoms with Gasteiger partial charge in [0.2, 0.25) is 0 Å². The van der Waals surface area contributed by atoms with E-state index in [2.05, 4.69) is 6.07 Å². The minimum absolute atomic E-state index is 0.132. The summed E-state index contributed by atoms with van der Waals surface area (Å²) in [7, 11) is 0. The molecule has 1 aromatic carbocycles. The van der Waals surface area contributed by atoms with E-state index in [-0.39, 0.29) is 11.8 Å². The Morgan fingerprint density at radius 2 is 2.22 bits per heavy atom. The van der Waals surface area contributed by atoms with Gasteiger partial charge >= 0.3 is 5.97 Å². The van der Waals surface area contributed by atoms with Crippen molar-refractivity contribution in [2.75, 3.05) is 19.8 Å². The predicted octanol–water partition coefficient (Wildman–Crippen LogP) is 1.75. The summed E-state index contributed by atoms with van der Waals surface area (Å²) in [6.07, 6.45) is 2.17. The quantitative estimate of drug-likeness (QED) is 0.885. The van der Waals surface area contributed by atoms with E-state index in [0.29, 0.717) is 13.2 Å². The lowest BCUT2D eigenvalue weighted by Gasteiger charge is -2.41. The first-order valence-electron chi connectivity index (χ1n) is 6.25. The number of fused-ring (bicyclic) bond motifs is 1. The van der Waals surface area contributed by atoms with E-state index in [4.69, 9.17) is 14.6 Å². The molecule has 1 N–H and O–H groups in total. The van der Waals surface area contributed by atoms with Gasteiger partial charge in [0.15, 0.2) is 0 Å². The lowest BCUT2D eigenvalue weighted by atomic mass is 9.75. The van der Waals surface area contributed by atoms with Crippen molar-refractivity contribution >= 4 is 5.97 Å². The van der Waals surface area contributed by atoms with Gasteiger partial charge in [0.1, 0.15) is 5.75 Å². The Labute approximate surface area is 106 Å². The molecule has 18 heavy (non-hydrogen) atoms. The molecule has 4 nitrogen and oxygen atoms in total. The molecule has 0 radical (unpaired) electrons. The van der Waals surface area contributed by atoms with Gasteiger partial charge in [0.05, 0.1) is 31.7 Å². The molecule has 0 bridgehead atoms. The second-order valence-electron chi connectivity index (χ2n) is 5.12. The molecule has 1 fully saturated rings. The summed E-state index contributed by atoms with van der Waals surface area (Å²) in [4.78, 5) is 11.0. The van der Waals surface area contributed by atoms with Crippen molar-refractivity contribution in [2.45, 2.75) is 24.7 Å². The zero-order chi connectivity index (χ0) is 12.6. The third kappa shape index (κ3) is 1.86. The third-order valence-corrected chi connectivity index (χ3v) is 3.77. The van der Waals surface area contributed by atoms with Gasteiger partial charge in [0, 0.05) is 0 Å². The summed E-state index contributed by atoms with van der Waals surface area (Å²) in [5.41, 5.74) is 1.93. The first-order chi connectivity index (χ1) is 8.70. The van der Waals surface area contributed by atoms with Crippen molar-refractivity contribution in [1.82, 2.24) is 0 Å². The fraction of sp³-hybridized carbons (Fsp3) is 0.500. The monoisotopic (exact) mass is 248 g/mol. The SMILES string of the molecule is O=C(O)CC1(c2ccc3c(c2)CCCO3)COC1. The first kappa shape index (κ1) is 11.5. The molecule has 0 unspecified atom stereocenters. The molecule has 96 valence electrons. The lowest BCUT2D eigenvalue weighted by molar-refractivity contribution is -0.145. The predicted molar refractivity (Wildman–Crippen MR) is 65.0 cm³/mol. The highest BCUT2D eigenvalue weighted by molar-refractivity contribution is 5.69. The summed E-state index contributed by atoms with van der Waals surface area (Å²) >= 11 is 0. The number of carboxylic acids is 1. The maximum Gasteiger partial charge on any atom is 0.304 e. The number of hydrogen-bond acceptors (Lipinski definition) is 3. The van der Waals surface area contributed by atoms with Crippen molar-refractivity contribution in [1.29, 1.82) is 0 Å². The molecule has 0 saturated carbocycles. The van der Waals surface area contributed by atoms with Crippen LogP contribution in [0.1, 0.15) is 24.0 Å².